The summed E-state index contributed by atoms with van der Waals surface area (Å²) in [7, 11) is 0. The third-order valence-electron chi connectivity index (χ3n) is 3.72. The lowest BCUT2D eigenvalue weighted by Crippen LogP contribution is -2.19. The minimum atomic E-state index is 0.453. The van der Waals surface area contributed by atoms with Crippen LogP contribution < -0.4 is 10.5 Å². The molecule has 1 fully saturated rings. The zero-order chi connectivity index (χ0) is 12.4. The Morgan fingerprint density at radius 3 is 2.59 bits per heavy atom. The number of hydrogen-bond acceptors (Lipinski definition) is 2. The van der Waals surface area contributed by atoms with Crippen LogP contribution in [-0.2, 0) is 0 Å². The molecule has 0 radical (unpaired) electrons. The molecule has 0 heterocycles. The predicted molar refractivity (Wildman–Crippen MR) is 72.5 cm³/mol. The van der Waals surface area contributed by atoms with Gasteiger partial charge in [0.15, 0.2) is 0 Å². The standard InChI is InChI=1S/C15H23NO/c1-10(2)13-8-14(16)11(3)7-15(13)17-9-12-5-4-6-12/h7-8,10,12H,4-6,9,16H2,1-3H3. The van der Waals surface area contributed by atoms with Crippen LogP contribution >= 0.6 is 0 Å². The van der Waals surface area contributed by atoms with E-state index in [0.29, 0.717) is 5.92 Å². The van der Waals surface area contributed by atoms with Crippen molar-refractivity contribution in [2.45, 2.75) is 46.0 Å². The van der Waals surface area contributed by atoms with E-state index in [9.17, 15) is 0 Å². The smallest absolute Gasteiger partial charge is 0.123 e. The highest BCUT2D eigenvalue weighted by Gasteiger charge is 2.19. The maximum absolute atomic E-state index is 5.98. The first-order valence-corrected chi connectivity index (χ1v) is 6.60. The van der Waals surface area contributed by atoms with Crippen molar-refractivity contribution in [1.29, 1.82) is 0 Å². The highest BCUT2D eigenvalue weighted by Crippen LogP contribution is 2.33. The molecule has 1 aliphatic carbocycles. The molecule has 17 heavy (non-hydrogen) atoms. The van der Waals surface area contributed by atoms with Gasteiger partial charge in [0, 0.05) is 5.69 Å². The van der Waals surface area contributed by atoms with E-state index in [1.165, 1.54) is 24.8 Å². The predicted octanol–water partition coefficient (Wildman–Crippen LogP) is 3.88. The van der Waals surface area contributed by atoms with Crippen LogP contribution in [0.1, 0.15) is 50.2 Å². The Morgan fingerprint density at radius 1 is 1.35 bits per heavy atom. The first kappa shape index (κ1) is 12.3. The monoisotopic (exact) mass is 233 g/mol. The molecular weight excluding hydrogens is 210 g/mol. The van der Waals surface area contributed by atoms with Gasteiger partial charge >= 0.3 is 0 Å². The topological polar surface area (TPSA) is 35.2 Å². The number of ether oxygens (including phenoxy) is 1. The molecule has 1 aromatic rings. The van der Waals surface area contributed by atoms with Gasteiger partial charge in [0.1, 0.15) is 5.75 Å². The van der Waals surface area contributed by atoms with Crippen molar-refractivity contribution in [2.75, 3.05) is 12.3 Å². The average molecular weight is 233 g/mol. The number of rotatable bonds is 4. The summed E-state index contributed by atoms with van der Waals surface area (Å²) in [6.45, 7) is 7.26. The van der Waals surface area contributed by atoms with Crippen LogP contribution in [-0.4, -0.2) is 6.61 Å². The fraction of sp³-hybridized carbons (Fsp3) is 0.600. The molecule has 2 N–H and O–H groups in total. The normalized spacial score (nSPS) is 16.0. The van der Waals surface area contributed by atoms with Crippen LogP contribution in [0.3, 0.4) is 0 Å². The van der Waals surface area contributed by atoms with Crippen molar-refractivity contribution in [3.63, 3.8) is 0 Å². The zero-order valence-electron chi connectivity index (χ0n) is 11.1. The molecule has 94 valence electrons. The van der Waals surface area contributed by atoms with Gasteiger partial charge in [0.25, 0.3) is 0 Å². The zero-order valence-corrected chi connectivity index (χ0v) is 11.1. The van der Waals surface area contributed by atoms with Crippen LogP contribution in [0.2, 0.25) is 0 Å². The SMILES string of the molecule is Cc1cc(OCC2CCC2)c(C(C)C)cc1N. The molecule has 2 heteroatoms. The fourth-order valence-corrected chi connectivity index (χ4v) is 2.16. The van der Waals surface area contributed by atoms with Crippen molar-refractivity contribution in [3.05, 3.63) is 23.3 Å². The van der Waals surface area contributed by atoms with Gasteiger partial charge in [0.2, 0.25) is 0 Å². The van der Waals surface area contributed by atoms with E-state index in [0.717, 1.165) is 29.5 Å². The minimum absolute atomic E-state index is 0.453. The number of nitrogen functional groups attached to an aromatic ring is 1. The Balaban J connectivity index is 2.14. The molecule has 1 aromatic carbocycles. The number of anilines is 1. The summed E-state index contributed by atoms with van der Waals surface area (Å²) < 4.78 is 5.98. The summed E-state index contributed by atoms with van der Waals surface area (Å²) in [5.41, 5.74) is 9.17. The molecule has 0 saturated heterocycles. The Hall–Kier alpha value is -1.18. The molecule has 0 spiro atoms. The van der Waals surface area contributed by atoms with Crippen LogP contribution in [0.4, 0.5) is 5.69 Å². The molecule has 2 nitrogen and oxygen atoms in total. The minimum Gasteiger partial charge on any atom is -0.493 e. The Labute approximate surface area is 104 Å². The van der Waals surface area contributed by atoms with E-state index in [1.807, 2.05) is 6.92 Å². The maximum Gasteiger partial charge on any atom is 0.123 e. The van der Waals surface area contributed by atoms with E-state index in [1.54, 1.807) is 0 Å². The Bertz CT molecular complexity index is 394. The molecule has 0 bridgehead atoms. The molecule has 1 saturated carbocycles. The van der Waals surface area contributed by atoms with E-state index in [2.05, 4.69) is 26.0 Å². The summed E-state index contributed by atoms with van der Waals surface area (Å²) in [5, 5.41) is 0. The highest BCUT2D eigenvalue weighted by atomic mass is 16.5. The second-order valence-electron chi connectivity index (χ2n) is 5.51. The third kappa shape index (κ3) is 2.74. The van der Waals surface area contributed by atoms with Crippen LogP contribution in [0.5, 0.6) is 5.75 Å². The number of hydrogen-bond donors (Lipinski definition) is 1. The number of benzene rings is 1. The first-order chi connectivity index (χ1) is 8.08. The molecule has 0 unspecified atom stereocenters. The summed E-state index contributed by atoms with van der Waals surface area (Å²) in [6.07, 6.45) is 4.02. The van der Waals surface area contributed by atoms with E-state index in [-0.39, 0.29) is 0 Å². The lowest BCUT2D eigenvalue weighted by Gasteiger charge is -2.26. The fourth-order valence-electron chi connectivity index (χ4n) is 2.16. The van der Waals surface area contributed by atoms with Gasteiger partial charge in [-0.15, -0.1) is 0 Å². The van der Waals surface area contributed by atoms with Gasteiger partial charge in [-0.25, -0.2) is 0 Å². The second kappa shape index (κ2) is 4.99. The number of aryl methyl sites for hydroxylation is 1. The lowest BCUT2D eigenvalue weighted by molar-refractivity contribution is 0.179. The van der Waals surface area contributed by atoms with Crippen molar-refractivity contribution < 1.29 is 4.74 Å². The average Bonchev–Trinajstić information content (AvgIpc) is 2.20. The third-order valence-corrected chi connectivity index (χ3v) is 3.72. The van der Waals surface area contributed by atoms with Gasteiger partial charge in [-0.2, -0.15) is 0 Å². The van der Waals surface area contributed by atoms with Crippen molar-refractivity contribution >= 4 is 5.69 Å². The van der Waals surface area contributed by atoms with Gasteiger partial charge in [0.05, 0.1) is 6.61 Å². The van der Waals surface area contributed by atoms with Crippen molar-refractivity contribution in [2.24, 2.45) is 5.92 Å². The van der Waals surface area contributed by atoms with Gasteiger partial charge in [-0.3, -0.25) is 0 Å². The first-order valence-electron chi connectivity index (χ1n) is 6.60. The van der Waals surface area contributed by atoms with Gasteiger partial charge < -0.3 is 10.5 Å². The summed E-state index contributed by atoms with van der Waals surface area (Å²) in [5.74, 6) is 2.25. The summed E-state index contributed by atoms with van der Waals surface area (Å²) in [6, 6.07) is 4.15. The summed E-state index contributed by atoms with van der Waals surface area (Å²) >= 11 is 0. The van der Waals surface area contributed by atoms with Crippen LogP contribution in [0, 0.1) is 12.8 Å². The van der Waals surface area contributed by atoms with Gasteiger partial charge in [-0.05, 0) is 54.9 Å². The second-order valence-corrected chi connectivity index (χ2v) is 5.51. The van der Waals surface area contributed by atoms with Crippen LogP contribution in [0.25, 0.3) is 0 Å². The Kier molecular flexibility index (Phi) is 3.60. The highest BCUT2D eigenvalue weighted by molar-refractivity contribution is 5.55. The molecule has 1 aliphatic rings. The molecule has 0 aromatic heterocycles. The van der Waals surface area contributed by atoms with Crippen LogP contribution in [0.15, 0.2) is 12.1 Å². The lowest BCUT2D eigenvalue weighted by atomic mass is 9.86. The van der Waals surface area contributed by atoms with E-state index >= 15 is 0 Å². The molecule has 0 aliphatic heterocycles. The van der Waals surface area contributed by atoms with E-state index < -0.39 is 0 Å². The van der Waals surface area contributed by atoms with Gasteiger partial charge in [-0.1, -0.05) is 20.3 Å². The van der Waals surface area contributed by atoms with Crippen molar-refractivity contribution in [3.8, 4) is 5.75 Å². The molecule has 0 amide bonds. The van der Waals surface area contributed by atoms with Crippen molar-refractivity contribution in [1.82, 2.24) is 0 Å². The Morgan fingerprint density at radius 2 is 2.06 bits per heavy atom. The summed E-state index contributed by atoms with van der Waals surface area (Å²) in [4.78, 5) is 0. The van der Waals surface area contributed by atoms with E-state index in [4.69, 9.17) is 10.5 Å². The molecule has 0 atom stereocenters. The maximum atomic E-state index is 5.98. The molecule has 2 rings (SSSR count). The largest absolute Gasteiger partial charge is 0.493 e. The quantitative estimate of drug-likeness (QED) is 0.801. The number of nitrogens with two attached hydrogens (primary N) is 1. The molecular formula is C15H23NO.